The van der Waals surface area contributed by atoms with Crippen molar-refractivity contribution in [1.29, 1.82) is 0 Å². The second-order valence-electron chi connectivity index (χ2n) is 11.4. The lowest BCUT2D eigenvalue weighted by atomic mass is 9.92. The van der Waals surface area contributed by atoms with Gasteiger partial charge in [-0.15, -0.1) is 0 Å². The summed E-state index contributed by atoms with van der Waals surface area (Å²) < 4.78 is 0. The van der Waals surface area contributed by atoms with E-state index in [-0.39, 0.29) is 12.1 Å². The van der Waals surface area contributed by atoms with Crippen molar-refractivity contribution in [1.82, 2.24) is 4.90 Å². The first-order valence-corrected chi connectivity index (χ1v) is 15.0. The SMILES string of the molecule is CN1C(c2ccccc2)=NC(c2cccc(-c3ccc4c5ccccc5c5ccccc5c4c3)c2)=NC1C1C=CC=CC1. The summed E-state index contributed by atoms with van der Waals surface area (Å²) in [7, 11) is 2.11. The molecule has 0 N–H and O–H groups in total. The predicted octanol–water partition coefficient (Wildman–Crippen LogP) is 9.41. The van der Waals surface area contributed by atoms with Gasteiger partial charge < -0.3 is 4.90 Å². The molecule has 1 aliphatic carbocycles. The van der Waals surface area contributed by atoms with E-state index >= 15 is 0 Å². The normalized spacial score (nSPS) is 18.3. The molecule has 0 amide bonds. The second kappa shape index (κ2) is 10.5. The number of amidine groups is 2. The minimum absolute atomic E-state index is 0.0344. The molecule has 8 rings (SSSR count). The molecule has 1 heterocycles. The van der Waals surface area contributed by atoms with Crippen LogP contribution in [0.15, 0.2) is 156 Å². The molecule has 3 nitrogen and oxygen atoms in total. The summed E-state index contributed by atoms with van der Waals surface area (Å²) in [5.74, 6) is 2.02. The molecule has 2 unspecified atom stereocenters. The third kappa shape index (κ3) is 4.45. The maximum Gasteiger partial charge on any atom is 0.159 e. The molecular weight excluding hydrogens is 522 g/mol. The minimum Gasteiger partial charge on any atom is -0.336 e. The Morgan fingerprint density at radius 2 is 1.16 bits per heavy atom. The molecule has 0 radical (unpaired) electrons. The number of hydrogen-bond donors (Lipinski definition) is 0. The Morgan fingerprint density at radius 1 is 0.558 bits per heavy atom. The zero-order valence-corrected chi connectivity index (χ0v) is 24.1. The van der Waals surface area contributed by atoms with E-state index in [9.17, 15) is 0 Å². The van der Waals surface area contributed by atoms with Crippen LogP contribution in [-0.2, 0) is 0 Å². The molecule has 43 heavy (non-hydrogen) atoms. The van der Waals surface area contributed by atoms with Crippen LogP contribution in [0.3, 0.4) is 0 Å². The quantitative estimate of drug-likeness (QED) is 0.200. The summed E-state index contributed by atoms with van der Waals surface area (Å²) >= 11 is 0. The third-order valence-electron chi connectivity index (χ3n) is 8.82. The van der Waals surface area contributed by atoms with E-state index in [1.807, 2.05) is 6.07 Å². The third-order valence-corrected chi connectivity index (χ3v) is 8.82. The van der Waals surface area contributed by atoms with E-state index in [1.54, 1.807) is 0 Å². The number of benzene rings is 6. The standard InChI is InChI=1S/C40H31N3/c1-43-39(27-13-4-2-5-14-27)41-38(42-40(43)28-15-6-3-7-16-28)31-18-12-17-29(25-31)30-23-24-36-34-21-9-8-19-32(34)33-20-10-11-22-35(33)37(36)26-30/h2-15,17-26,28,40H,16H2,1H3. The maximum absolute atomic E-state index is 5.26. The lowest BCUT2D eigenvalue weighted by Crippen LogP contribution is -2.44. The van der Waals surface area contributed by atoms with Crippen molar-refractivity contribution < 1.29 is 0 Å². The summed E-state index contributed by atoms with van der Waals surface area (Å²) in [5, 5.41) is 7.71. The fourth-order valence-corrected chi connectivity index (χ4v) is 6.67. The van der Waals surface area contributed by atoms with Gasteiger partial charge in [0.15, 0.2) is 5.84 Å². The topological polar surface area (TPSA) is 28.0 Å². The smallest absolute Gasteiger partial charge is 0.159 e. The Kier molecular flexibility index (Phi) is 6.22. The number of hydrogen-bond acceptors (Lipinski definition) is 3. The molecule has 0 saturated heterocycles. The maximum atomic E-state index is 5.26. The van der Waals surface area contributed by atoms with Crippen molar-refractivity contribution in [3.05, 3.63) is 157 Å². The van der Waals surface area contributed by atoms with E-state index in [1.165, 1.54) is 37.9 Å². The summed E-state index contributed by atoms with van der Waals surface area (Å²) in [6.07, 6.45) is 9.69. The fraction of sp³-hybridized carbons (Fsp3) is 0.100. The zero-order valence-electron chi connectivity index (χ0n) is 24.1. The first-order valence-electron chi connectivity index (χ1n) is 15.0. The van der Waals surface area contributed by atoms with Crippen LogP contribution in [0, 0.1) is 5.92 Å². The molecule has 3 heteroatoms. The highest BCUT2D eigenvalue weighted by Gasteiger charge is 2.30. The van der Waals surface area contributed by atoms with Crippen LogP contribution in [0.25, 0.3) is 43.4 Å². The van der Waals surface area contributed by atoms with Crippen LogP contribution in [0.2, 0.25) is 0 Å². The Hall–Kier alpha value is -5.28. The van der Waals surface area contributed by atoms with Crippen molar-refractivity contribution in [3.8, 4) is 11.1 Å². The van der Waals surface area contributed by atoms with Crippen LogP contribution >= 0.6 is 0 Å². The summed E-state index contributed by atoms with van der Waals surface area (Å²) in [4.78, 5) is 12.7. The van der Waals surface area contributed by atoms with Gasteiger partial charge in [0.25, 0.3) is 0 Å². The van der Waals surface area contributed by atoms with Crippen molar-refractivity contribution in [2.24, 2.45) is 15.9 Å². The van der Waals surface area contributed by atoms with Crippen LogP contribution < -0.4 is 0 Å². The van der Waals surface area contributed by atoms with Crippen LogP contribution in [-0.4, -0.2) is 29.8 Å². The van der Waals surface area contributed by atoms with E-state index in [0.29, 0.717) is 0 Å². The summed E-state index contributed by atoms with van der Waals surface area (Å²) in [6.45, 7) is 0. The highest BCUT2D eigenvalue weighted by molar-refractivity contribution is 6.25. The van der Waals surface area contributed by atoms with E-state index in [4.69, 9.17) is 9.98 Å². The van der Waals surface area contributed by atoms with Gasteiger partial charge in [0, 0.05) is 24.1 Å². The van der Waals surface area contributed by atoms with Crippen LogP contribution in [0.5, 0.6) is 0 Å². The van der Waals surface area contributed by atoms with Crippen LogP contribution in [0.1, 0.15) is 17.5 Å². The average Bonchev–Trinajstić information content (AvgIpc) is 3.09. The Morgan fingerprint density at radius 3 is 1.86 bits per heavy atom. The molecular formula is C40H31N3. The second-order valence-corrected chi connectivity index (χ2v) is 11.4. The molecule has 0 saturated carbocycles. The van der Waals surface area contributed by atoms with Gasteiger partial charge in [-0.1, -0.05) is 133 Å². The number of allylic oxidation sites excluding steroid dienone is 3. The molecule has 2 aliphatic rings. The summed E-state index contributed by atoms with van der Waals surface area (Å²) in [5.41, 5.74) is 4.48. The van der Waals surface area contributed by atoms with Gasteiger partial charge in [-0.25, -0.2) is 9.98 Å². The van der Waals surface area contributed by atoms with E-state index < -0.39 is 0 Å². The van der Waals surface area contributed by atoms with Gasteiger partial charge in [-0.05, 0) is 62.0 Å². The van der Waals surface area contributed by atoms with Crippen molar-refractivity contribution in [2.75, 3.05) is 7.05 Å². The first-order chi connectivity index (χ1) is 21.2. The average molecular weight is 554 g/mol. The van der Waals surface area contributed by atoms with Crippen molar-refractivity contribution in [2.45, 2.75) is 12.6 Å². The molecule has 0 spiro atoms. The number of aliphatic imine (C=N–C) groups is 2. The summed E-state index contributed by atoms with van der Waals surface area (Å²) in [6, 6.07) is 43.5. The highest BCUT2D eigenvalue weighted by Crippen LogP contribution is 2.37. The number of nitrogens with zero attached hydrogens (tertiary/aromatic N) is 3. The van der Waals surface area contributed by atoms with Crippen molar-refractivity contribution >= 4 is 44.0 Å². The van der Waals surface area contributed by atoms with Crippen LogP contribution in [0.4, 0.5) is 0 Å². The van der Waals surface area contributed by atoms with E-state index in [0.717, 1.165) is 34.8 Å². The van der Waals surface area contributed by atoms with E-state index in [2.05, 4.69) is 152 Å². The molecule has 0 fully saturated rings. The molecule has 206 valence electrons. The van der Waals surface area contributed by atoms with Gasteiger partial charge in [0.2, 0.25) is 0 Å². The Balaban J connectivity index is 1.26. The largest absolute Gasteiger partial charge is 0.336 e. The lowest BCUT2D eigenvalue weighted by molar-refractivity contribution is 0.300. The molecule has 6 aromatic rings. The lowest BCUT2D eigenvalue weighted by Gasteiger charge is -2.36. The van der Waals surface area contributed by atoms with Gasteiger partial charge >= 0.3 is 0 Å². The van der Waals surface area contributed by atoms with Gasteiger partial charge in [0.05, 0.1) is 0 Å². The molecule has 1 aliphatic heterocycles. The molecule has 0 aromatic heterocycles. The predicted molar refractivity (Wildman–Crippen MR) is 182 cm³/mol. The van der Waals surface area contributed by atoms with Crippen molar-refractivity contribution in [3.63, 3.8) is 0 Å². The monoisotopic (exact) mass is 553 g/mol. The molecule has 0 bridgehead atoms. The fourth-order valence-electron chi connectivity index (χ4n) is 6.67. The highest BCUT2D eigenvalue weighted by atomic mass is 15.3. The number of fused-ring (bicyclic) bond motifs is 6. The number of rotatable bonds is 4. The minimum atomic E-state index is -0.0344. The zero-order chi connectivity index (χ0) is 28.8. The Bertz CT molecular complexity index is 2100. The van der Waals surface area contributed by atoms with Gasteiger partial charge in [0.1, 0.15) is 12.0 Å². The molecule has 6 aromatic carbocycles. The molecule has 2 atom stereocenters. The first kappa shape index (κ1) is 25.4. The van der Waals surface area contributed by atoms with Gasteiger partial charge in [-0.2, -0.15) is 0 Å². The van der Waals surface area contributed by atoms with Gasteiger partial charge in [-0.3, -0.25) is 0 Å². The Labute approximate surface area is 251 Å².